The molecular weight excluding hydrogens is 222 g/mol. The highest BCUT2D eigenvalue weighted by atomic mass is 14.8. The van der Waals surface area contributed by atoms with Crippen LogP contribution >= 0.6 is 0 Å². The first-order valence-corrected chi connectivity index (χ1v) is 6.39. The lowest BCUT2D eigenvalue weighted by Crippen LogP contribution is -2.22. The topological polar surface area (TPSA) is 64.4 Å². The van der Waals surface area contributed by atoms with Crippen LogP contribution in [0, 0.1) is 5.92 Å². The van der Waals surface area contributed by atoms with Crippen molar-refractivity contribution in [3.8, 4) is 0 Å². The van der Waals surface area contributed by atoms with Crippen LogP contribution < -0.4 is 11.5 Å². The molecule has 2 rings (SSSR count). The van der Waals surface area contributed by atoms with Gasteiger partial charge in [-0.2, -0.15) is 0 Å². The zero-order valence-electron chi connectivity index (χ0n) is 11.0. The number of aliphatic imine (C=N–C) groups is 1. The largest absolute Gasteiger partial charge is 0.387 e. The third-order valence-electron chi connectivity index (χ3n) is 2.93. The minimum atomic E-state index is 0.329. The van der Waals surface area contributed by atoms with E-state index in [2.05, 4.69) is 35.4 Å². The Bertz CT molecular complexity index is 387. The lowest BCUT2D eigenvalue weighted by Gasteiger charge is -2.10. The fourth-order valence-electron chi connectivity index (χ4n) is 1.78. The summed E-state index contributed by atoms with van der Waals surface area (Å²) in [6.45, 7) is 0.691. The monoisotopic (exact) mass is 245 g/mol. The van der Waals surface area contributed by atoms with Gasteiger partial charge in [0.15, 0.2) is 0 Å². The first-order chi connectivity index (χ1) is 8.77. The molecule has 0 aromatic carbocycles. The fourth-order valence-corrected chi connectivity index (χ4v) is 1.78. The van der Waals surface area contributed by atoms with Gasteiger partial charge >= 0.3 is 0 Å². The van der Waals surface area contributed by atoms with Crippen LogP contribution in [0.15, 0.2) is 53.1 Å². The van der Waals surface area contributed by atoms with Gasteiger partial charge in [0.1, 0.15) is 5.84 Å². The van der Waals surface area contributed by atoms with E-state index in [9.17, 15) is 0 Å². The highest BCUT2D eigenvalue weighted by Crippen LogP contribution is 2.10. The summed E-state index contributed by atoms with van der Waals surface area (Å²) in [6, 6.07) is 0. The summed E-state index contributed by atoms with van der Waals surface area (Å²) in [4.78, 5) is 3.92. The lowest BCUT2D eigenvalue weighted by molar-refractivity contribution is 0.856. The average Bonchev–Trinajstić information content (AvgIpc) is 2.49. The fraction of sp³-hybridized carbons (Fsp3) is 0.400. The van der Waals surface area contributed by atoms with E-state index in [0.717, 1.165) is 12.3 Å². The van der Waals surface area contributed by atoms with Gasteiger partial charge in [0, 0.05) is 19.5 Å². The third kappa shape index (κ3) is 5.15. The molecule has 98 valence electrons. The molecule has 0 saturated heterocycles. The van der Waals surface area contributed by atoms with Crippen LogP contribution in [-0.4, -0.2) is 19.4 Å². The van der Waals surface area contributed by atoms with Gasteiger partial charge in [-0.05, 0) is 24.8 Å². The molecule has 0 aromatic rings. The molecule has 3 nitrogen and oxygen atoms in total. The standard InChI is InChI=1S/C8H12N2.C7H11N/c1-10-8(9)7-5-3-2-4-6-7;8-6-7-4-2-1-3-5-7/h2-5,7H,6H2,1H3,(H2,9,10);2,4-5H,1,3,6,8H2. The van der Waals surface area contributed by atoms with Crippen LogP contribution in [0.2, 0.25) is 0 Å². The van der Waals surface area contributed by atoms with Gasteiger partial charge in [0.25, 0.3) is 0 Å². The Balaban J connectivity index is 0.000000184. The van der Waals surface area contributed by atoms with Gasteiger partial charge in [-0.3, -0.25) is 4.99 Å². The second-order valence-electron chi connectivity index (χ2n) is 4.27. The van der Waals surface area contributed by atoms with E-state index in [-0.39, 0.29) is 0 Å². The molecule has 1 unspecified atom stereocenters. The summed E-state index contributed by atoms with van der Waals surface area (Å²) in [6.07, 6.45) is 18.0. The molecule has 0 heterocycles. The molecular formula is C15H23N3. The molecule has 0 radical (unpaired) electrons. The number of rotatable bonds is 2. The maximum atomic E-state index is 5.61. The van der Waals surface area contributed by atoms with Crippen LogP contribution in [0.5, 0.6) is 0 Å². The Morgan fingerprint density at radius 3 is 2.61 bits per heavy atom. The number of nitrogens with two attached hydrogens (primary N) is 2. The molecule has 4 N–H and O–H groups in total. The zero-order valence-corrected chi connectivity index (χ0v) is 11.0. The van der Waals surface area contributed by atoms with Crippen molar-refractivity contribution in [3.05, 3.63) is 48.1 Å². The molecule has 1 atom stereocenters. The average molecular weight is 245 g/mol. The maximum absolute atomic E-state index is 5.61. The Morgan fingerprint density at radius 1 is 1.33 bits per heavy atom. The smallest absolute Gasteiger partial charge is 0.101 e. The molecule has 3 heteroatoms. The van der Waals surface area contributed by atoms with Crippen molar-refractivity contribution >= 4 is 5.84 Å². The maximum Gasteiger partial charge on any atom is 0.101 e. The van der Waals surface area contributed by atoms with Crippen molar-refractivity contribution < 1.29 is 0 Å². The first kappa shape index (κ1) is 14.5. The summed E-state index contributed by atoms with van der Waals surface area (Å²) in [5.74, 6) is 1.05. The Morgan fingerprint density at radius 2 is 2.17 bits per heavy atom. The van der Waals surface area contributed by atoms with Crippen molar-refractivity contribution in [3.63, 3.8) is 0 Å². The Hall–Kier alpha value is -1.61. The molecule has 0 spiro atoms. The first-order valence-electron chi connectivity index (χ1n) is 6.39. The predicted octanol–water partition coefficient (Wildman–Crippen LogP) is 2.33. The molecule has 2 aliphatic rings. The highest BCUT2D eigenvalue weighted by Gasteiger charge is 2.07. The number of hydrogen-bond donors (Lipinski definition) is 2. The van der Waals surface area contributed by atoms with Crippen LogP contribution in [-0.2, 0) is 0 Å². The van der Waals surface area contributed by atoms with Crippen molar-refractivity contribution in [2.45, 2.75) is 19.3 Å². The van der Waals surface area contributed by atoms with Crippen LogP contribution in [0.3, 0.4) is 0 Å². The van der Waals surface area contributed by atoms with Gasteiger partial charge in [-0.25, -0.2) is 0 Å². The summed E-state index contributed by atoms with van der Waals surface area (Å²) in [5, 5.41) is 0. The molecule has 0 bridgehead atoms. The quantitative estimate of drug-likeness (QED) is 0.579. The molecule has 0 aromatic heterocycles. The number of hydrogen-bond acceptors (Lipinski definition) is 2. The SMILES string of the molecule is CN=C(N)C1C=CC=CC1.NCC1=CCCC=C1. The molecule has 0 aliphatic heterocycles. The van der Waals surface area contributed by atoms with E-state index in [1.165, 1.54) is 18.4 Å². The van der Waals surface area contributed by atoms with Gasteiger partial charge in [0.2, 0.25) is 0 Å². The van der Waals surface area contributed by atoms with Crippen LogP contribution in [0.25, 0.3) is 0 Å². The highest BCUT2D eigenvalue weighted by molar-refractivity contribution is 5.84. The number of allylic oxidation sites excluding steroid dienone is 5. The van der Waals surface area contributed by atoms with Crippen molar-refractivity contribution in [2.75, 3.05) is 13.6 Å². The van der Waals surface area contributed by atoms with E-state index in [1.807, 2.05) is 12.2 Å². The molecule has 0 saturated carbocycles. The Kier molecular flexibility index (Phi) is 6.81. The normalized spacial score (nSPS) is 22.2. The van der Waals surface area contributed by atoms with E-state index < -0.39 is 0 Å². The lowest BCUT2D eigenvalue weighted by atomic mass is 10.0. The van der Waals surface area contributed by atoms with E-state index in [1.54, 1.807) is 7.05 Å². The Labute approximate surface area is 110 Å². The van der Waals surface area contributed by atoms with Gasteiger partial charge in [-0.15, -0.1) is 0 Å². The summed E-state index contributed by atoms with van der Waals surface area (Å²) in [5.41, 5.74) is 12.3. The minimum absolute atomic E-state index is 0.329. The zero-order chi connectivity index (χ0) is 13.2. The van der Waals surface area contributed by atoms with Crippen LogP contribution in [0.4, 0.5) is 0 Å². The van der Waals surface area contributed by atoms with Gasteiger partial charge < -0.3 is 11.5 Å². The van der Waals surface area contributed by atoms with Crippen LogP contribution in [0.1, 0.15) is 19.3 Å². The molecule has 18 heavy (non-hydrogen) atoms. The molecule has 0 amide bonds. The van der Waals surface area contributed by atoms with Gasteiger partial charge in [0.05, 0.1) is 0 Å². The second kappa shape index (κ2) is 8.48. The van der Waals surface area contributed by atoms with Crippen molar-refractivity contribution in [2.24, 2.45) is 22.4 Å². The molecule has 2 aliphatic carbocycles. The van der Waals surface area contributed by atoms with Crippen molar-refractivity contribution in [1.82, 2.24) is 0 Å². The third-order valence-corrected chi connectivity index (χ3v) is 2.93. The second-order valence-corrected chi connectivity index (χ2v) is 4.27. The van der Waals surface area contributed by atoms with Crippen molar-refractivity contribution in [1.29, 1.82) is 0 Å². The summed E-state index contributed by atoms with van der Waals surface area (Å²) >= 11 is 0. The summed E-state index contributed by atoms with van der Waals surface area (Å²) < 4.78 is 0. The number of nitrogens with zero attached hydrogens (tertiary/aromatic N) is 1. The predicted molar refractivity (Wildman–Crippen MR) is 79.4 cm³/mol. The molecule has 0 fully saturated rings. The number of amidine groups is 1. The van der Waals surface area contributed by atoms with E-state index in [4.69, 9.17) is 11.5 Å². The van der Waals surface area contributed by atoms with E-state index in [0.29, 0.717) is 12.5 Å². The van der Waals surface area contributed by atoms with Gasteiger partial charge in [-0.1, -0.05) is 42.5 Å². The minimum Gasteiger partial charge on any atom is -0.387 e. The van der Waals surface area contributed by atoms with E-state index >= 15 is 0 Å². The summed E-state index contributed by atoms with van der Waals surface area (Å²) in [7, 11) is 1.72.